The first-order chi connectivity index (χ1) is 13.9. The van der Waals surface area contributed by atoms with Gasteiger partial charge in [0.15, 0.2) is 0 Å². The smallest absolute Gasteiger partial charge is 0.270 e. The number of ether oxygens (including phenoxy) is 1. The first kappa shape index (κ1) is 20.3. The number of anilines is 2. The number of hydrogen-bond donors (Lipinski definition) is 2. The van der Waals surface area contributed by atoms with E-state index >= 15 is 0 Å². The zero-order valence-electron chi connectivity index (χ0n) is 17.2. The molecule has 6 heteroatoms. The third kappa shape index (κ3) is 5.54. The van der Waals surface area contributed by atoms with Crippen molar-refractivity contribution in [2.75, 3.05) is 19.0 Å². The van der Waals surface area contributed by atoms with Crippen LogP contribution in [-0.4, -0.2) is 29.5 Å². The molecule has 0 saturated heterocycles. The van der Waals surface area contributed by atoms with E-state index in [-0.39, 0.29) is 5.91 Å². The molecule has 2 N–H and O–H groups in total. The van der Waals surface area contributed by atoms with Gasteiger partial charge in [0.2, 0.25) is 0 Å². The maximum absolute atomic E-state index is 12.5. The highest BCUT2D eigenvalue weighted by molar-refractivity contribution is 5.93. The third-order valence-corrected chi connectivity index (χ3v) is 4.71. The highest BCUT2D eigenvalue weighted by atomic mass is 16.5. The van der Waals surface area contributed by atoms with Gasteiger partial charge in [-0.1, -0.05) is 18.2 Å². The van der Waals surface area contributed by atoms with Crippen LogP contribution in [0, 0.1) is 20.8 Å². The van der Waals surface area contributed by atoms with E-state index < -0.39 is 0 Å². The average molecular weight is 390 g/mol. The topological polar surface area (TPSA) is 76.1 Å². The zero-order chi connectivity index (χ0) is 20.8. The summed E-state index contributed by atoms with van der Waals surface area (Å²) in [6, 6.07) is 15.6. The van der Waals surface area contributed by atoms with Gasteiger partial charge in [0.25, 0.3) is 5.91 Å². The minimum Gasteiger partial charge on any atom is -0.497 e. The van der Waals surface area contributed by atoms with Crippen molar-refractivity contribution in [3.05, 3.63) is 76.7 Å². The molecule has 0 radical (unpaired) electrons. The van der Waals surface area contributed by atoms with Gasteiger partial charge in [-0.05, 0) is 68.1 Å². The zero-order valence-corrected chi connectivity index (χ0v) is 17.2. The van der Waals surface area contributed by atoms with E-state index in [1.807, 2.05) is 30.3 Å². The molecular formula is C23H26N4O2. The second-order valence-electron chi connectivity index (χ2n) is 6.96. The van der Waals surface area contributed by atoms with Gasteiger partial charge in [0.05, 0.1) is 7.11 Å². The maximum Gasteiger partial charge on any atom is 0.270 e. The molecule has 0 aliphatic rings. The normalized spacial score (nSPS) is 10.5. The van der Waals surface area contributed by atoms with Crippen molar-refractivity contribution in [3.63, 3.8) is 0 Å². The summed E-state index contributed by atoms with van der Waals surface area (Å²) in [7, 11) is 1.64. The summed E-state index contributed by atoms with van der Waals surface area (Å²) in [4.78, 5) is 21.2. The summed E-state index contributed by atoms with van der Waals surface area (Å²) in [5, 5.41) is 6.18. The van der Waals surface area contributed by atoms with E-state index in [0.717, 1.165) is 23.4 Å². The van der Waals surface area contributed by atoms with Gasteiger partial charge < -0.3 is 15.4 Å². The molecule has 2 aromatic carbocycles. The number of hydrogen-bond acceptors (Lipinski definition) is 5. The monoisotopic (exact) mass is 390 g/mol. The summed E-state index contributed by atoms with van der Waals surface area (Å²) in [6.45, 7) is 6.43. The van der Waals surface area contributed by atoms with Crippen LogP contribution in [0.1, 0.15) is 33.0 Å². The van der Waals surface area contributed by atoms with Crippen molar-refractivity contribution >= 4 is 17.4 Å². The molecule has 0 aliphatic heterocycles. The van der Waals surface area contributed by atoms with Crippen LogP contribution in [0.3, 0.4) is 0 Å². The second kappa shape index (κ2) is 9.19. The molecule has 0 saturated carbocycles. The lowest BCUT2D eigenvalue weighted by molar-refractivity contribution is 0.0949. The summed E-state index contributed by atoms with van der Waals surface area (Å²) < 4.78 is 5.16. The molecule has 0 fully saturated rings. The number of benzene rings is 2. The lowest BCUT2D eigenvalue weighted by atomic mass is 10.1. The summed E-state index contributed by atoms with van der Waals surface area (Å²) in [6.07, 6.45) is 0.730. The van der Waals surface area contributed by atoms with Crippen LogP contribution in [0.25, 0.3) is 0 Å². The second-order valence-corrected chi connectivity index (χ2v) is 6.96. The van der Waals surface area contributed by atoms with Crippen LogP contribution in [-0.2, 0) is 6.42 Å². The van der Waals surface area contributed by atoms with Gasteiger partial charge in [-0.3, -0.25) is 4.79 Å². The summed E-state index contributed by atoms with van der Waals surface area (Å²) in [5.41, 5.74) is 4.82. The van der Waals surface area contributed by atoms with Crippen molar-refractivity contribution < 1.29 is 9.53 Å². The minimum atomic E-state index is -0.216. The number of aryl methyl sites for hydroxylation is 3. The SMILES string of the molecule is COc1ccc(CCNC(=O)c2cc(Nc3ccc(C)c(C)c3)nc(C)n2)cc1. The number of amides is 1. The summed E-state index contributed by atoms with van der Waals surface area (Å²) in [5.74, 6) is 1.74. The molecule has 150 valence electrons. The largest absolute Gasteiger partial charge is 0.497 e. The Morgan fingerprint density at radius 1 is 0.966 bits per heavy atom. The number of carbonyl (C=O) groups is 1. The molecule has 0 unspecified atom stereocenters. The molecule has 29 heavy (non-hydrogen) atoms. The number of nitrogens with one attached hydrogen (secondary N) is 2. The quantitative estimate of drug-likeness (QED) is 0.634. The fourth-order valence-electron chi connectivity index (χ4n) is 2.92. The van der Waals surface area contributed by atoms with Crippen molar-refractivity contribution in [2.45, 2.75) is 27.2 Å². The van der Waals surface area contributed by atoms with Crippen molar-refractivity contribution in [1.82, 2.24) is 15.3 Å². The Bertz CT molecular complexity index is 1000. The van der Waals surface area contributed by atoms with Crippen molar-refractivity contribution in [3.8, 4) is 5.75 Å². The van der Waals surface area contributed by atoms with E-state index in [0.29, 0.717) is 23.9 Å². The Hall–Kier alpha value is -3.41. The van der Waals surface area contributed by atoms with Crippen molar-refractivity contribution in [1.29, 1.82) is 0 Å². The highest BCUT2D eigenvalue weighted by Gasteiger charge is 2.11. The van der Waals surface area contributed by atoms with Crippen LogP contribution in [0.4, 0.5) is 11.5 Å². The number of aromatic nitrogens is 2. The summed E-state index contributed by atoms with van der Waals surface area (Å²) >= 11 is 0. The van der Waals surface area contributed by atoms with Gasteiger partial charge in [-0.15, -0.1) is 0 Å². The predicted octanol–water partition coefficient (Wildman–Crippen LogP) is 4.13. The Kier molecular flexibility index (Phi) is 6.44. The Morgan fingerprint density at radius 3 is 2.41 bits per heavy atom. The van der Waals surface area contributed by atoms with Crippen LogP contribution in [0.2, 0.25) is 0 Å². The molecule has 1 amide bonds. The van der Waals surface area contributed by atoms with Gasteiger partial charge in [-0.2, -0.15) is 0 Å². The third-order valence-electron chi connectivity index (χ3n) is 4.71. The molecule has 3 aromatic rings. The first-order valence-electron chi connectivity index (χ1n) is 9.55. The Labute approximate surface area is 171 Å². The predicted molar refractivity (Wildman–Crippen MR) is 115 cm³/mol. The van der Waals surface area contributed by atoms with Crippen LogP contribution in [0.15, 0.2) is 48.5 Å². The van der Waals surface area contributed by atoms with E-state index in [1.54, 1.807) is 20.1 Å². The Morgan fingerprint density at radius 2 is 1.72 bits per heavy atom. The molecule has 1 aromatic heterocycles. The van der Waals surface area contributed by atoms with E-state index in [1.165, 1.54) is 11.1 Å². The van der Waals surface area contributed by atoms with Crippen molar-refractivity contribution in [2.24, 2.45) is 0 Å². The fourth-order valence-corrected chi connectivity index (χ4v) is 2.92. The van der Waals surface area contributed by atoms with Gasteiger partial charge in [0.1, 0.15) is 23.1 Å². The lowest BCUT2D eigenvalue weighted by Crippen LogP contribution is -2.27. The van der Waals surface area contributed by atoms with Crippen LogP contribution in [0.5, 0.6) is 5.75 Å². The molecule has 3 rings (SSSR count). The molecule has 0 atom stereocenters. The van der Waals surface area contributed by atoms with Crippen LogP contribution < -0.4 is 15.4 Å². The van der Waals surface area contributed by atoms with Gasteiger partial charge >= 0.3 is 0 Å². The van der Waals surface area contributed by atoms with E-state index in [9.17, 15) is 4.79 Å². The van der Waals surface area contributed by atoms with Crippen LogP contribution >= 0.6 is 0 Å². The van der Waals surface area contributed by atoms with Gasteiger partial charge in [0, 0.05) is 18.3 Å². The molecule has 0 spiro atoms. The molecular weight excluding hydrogens is 364 g/mol. The molecule has 6 nitrogen and oxygen atoms in total. The minimum absolute atomic E-state index is 0.216. The number of rotatable bonds is 7. The average Bonchev–Trinajstić information content (AvgIpc) is 2.71. The first-order valence-corrected chi connectivity index (χ1v) is 9.55. The Balaban J connectivity index is 1.63. The number of nitrogens with zero attached hydrogens (tertiary/aromatic N) is 2. The number of methoxy groups -OCH3 is 1. The lowest BCUT2D eigenvalue weighted by Gasteiger charge is -2.11. The van der Waals surface area contributed by atoms with E-state index in [2.05, 4.69) is 46.6 Å². The molecule has 1 heterocycles. The number of carbonyl (C=O) groups excluding carboxylic acids is 1. The highest BCUT2D eigenvalue weighted by Crippen LogP contribution is 2.19. The molecule has 0 aliphatic carbocycles. The maximum atomic E-state index is 12.5. The standard InChI is InChI=1S/C23H26N4O2/c1-15-5-8-19(13-16(15)2)27-22-14-21(25-17(3)26-22)23(28)24-12-11-18-6-9-20(29-4)10-7-18/h5-10,13-14H,11-12H2,1-4H3,(H,24,28)(H,25,26,27). The molecule has 0 bridgehead atoms. The fraction of sp³-hybridized carbons (Fsp3) is 0.261. The van der Waals surface area contributed by atoms with E-state index in [4.69, 9.17) is 4.74 Å². The van der Waals surface area contributed by atoms with Gasteiger partial charge in [-0.25, -0.2) is 9.97 Å².